The summed E-state index contributed by atoms with van der Waals surface area (Å²) in [5.41, 5.74) is 3.64. The van der Waals surface area contributed by atoms with Crippen molar-refractivity contribution < 1.29 is 9.53 Å². The van der Waals surface area contributed by atoms with Gasteiger partial charge < -0.3 is 25.3 Å². The third kappa shape index (κ3) is 4.52. The van der Waals surface area contributed by atoms with Gasteiger partial charge in [0.25, 0.3) is 11.5 Å². The minimum atomic E-state index is -0.316. The maximum atomic E-state index is 12.5. The standard InChI is InChI=1S/C21H23N5O3S/c1-26-8-7-17-14(11-26)9-13(19(27)24-17)10-22-20(28)18-12-30-21(25-18)23-15-3-5-16(29-2)6-4-15/h3-6,9,12H,7-8,10-11H2,1-2H3,(H,22,28)(H,23,25)(H,24,27). The maximum absolute atomic E-state index is 12.5. The summed E-state index contributed by atoms with van der Waals surface area (Å²) >= 11 is 1.34. The molecule has 1 aromatic carbocycles. The van der Waals surface area contributed by atoms with Crippen molar-refractivity contribution in [3.8, 4) is 5.75 Å². The van der Waals surface area contributed by atoms with Crippen molar-refractivity contribution in [3.63, 3.8) is 0 Å². The molecule has 0 fully saturated rings. The molecule has 156 valence electrons. The van der Waals surface area contributed by atoms with E-state index >= 15 is 0 Å². The molecule has 3 N–H and O–H groups in total. The van der Waals surface area contributed by atoms with Crippen LogP contribution in [0.2, 0.25) is 0 Å². The Bertz CT molecular complexity index is 1110. The lowest BCUT2D eigenvalue weighted by molar-refractivity contribution is 0.0946. The molecule has 0 saturated carbocycles. The highest BCUT2D eigenvalue weighted by Gasteiger charge is 2.17. The van der Waals surface area contributed by atoms with Crippen LogP contribution < -0.4 is 20.9 Å². The summed E-state index contributed by atoms with van der Waals surface area (Å²) in [5.74, 6) is 0.451. The number of ether oxygens (including phenoxy) is 1. The molecule has 4 rings (SSSR count). The highest BCUT2D eigenvalue weighted by Crippen LogP contribution is 2.23. The molecule has 0 saturated heterocycles. The first-order valence-corrected chi connectivity index (χ1v) is 10.5. The van der Waals surface area contributed by atoms with E-state index in [1.807, 2.05) is 30.3 Å². The number of methoxy groups -OCH3 is 1. The third-order valence-corrected chi connectivity index (χ3v) is 5.75. The molecular formula is C21H23N5O3S. The molecule has 8 nitrogen and oxygen atoms in total. The second-order valence-electron chi connectivity index (χ2n) is 7.19. The van der Waals surface area contributed by atoms with Gasteiger partial charge in [-0.15, -0.1) is 11.3 Å². The van der Waals surface area contributed by atoms with Crippen LogP contribution in [0.3, 0.4) is 0 Å². The zero-order valence-corrected chi connectivity index (χ0v) is 17.6. The summed E-state index contributed by atoms with van der Waals surface area (Å²) in [4.78, 5) is 34.3. The molecule has 0 bridgehead atoms. The number of rotatable bonds is 6. The Morgan fingerprint density at radius 2 is 2.13 bits per heavy atom. The van der Waals surface area contributed by atoms with Crippen molar-refractivity contribution in [1.82, 2.24) is 20.2 Å². The Hall–Kier alpha value is -3.17. The van der Waals surface area contributed by atoms with Gasteiger partial charge in [0.2, 0.25) is 0 Å². The van der Waals surface area contributed by atoms with Crippen molar-refractivity contribution >= 4 is 28.1 Å². The highest BCUT2D eigenvalue weighted by molar-refractivity contribution is 7.14. The molecule has 0 unspecified atom stereocenters. The number of nitrogens with one attached hydrogen (secondary N) is 3. The van der Waals surface area contributed by atoms with Crippen LogP contribution in [0.5, 0.6) is 5.75 Å². The molecule has 3 aromatic rings. The lowest BCUT2D eigenvalue weighted by atomic mass is 10.0. The van der Waals surface area contributed by atoms with Gasteiger partial charge in [-0.3, -0.25) is 9.59 Å². The first-order valence-electron chi connectivity index (χ1n) is 9.59. The van der Waals surface area contributed by atoms with Crippen LogP contribution in [0, 0.1) is 0 Å². The second-order valence-corrected chi connectivity index (χ2v) is 8.05. The van der Waals surface area contributed by atoms with Gasteiger partial charge in [-0.2, -0.15) is 0 Å². The van der Waals surface area contributed by atoms with E-state index in [9.17, 15) is 9.59 Å². The number of aromatic amines is 1. The van der Waals surface area contributed by atoms with Gasteiger partial charge in [-0.1, -0.05) is 0 Å². The summed E-state index contributed by atoms with van der Waals surface area (Å²) in [7, 11) is 3.67. The molecule has 3 heterocycles. The largest absolute Gasteiger partial charge is 0.497 e. The summed E-state index contributed by atoms with van der Waals surface area (Å²) in [6.45, 7) is 1.87. The molecule has 1 aliphatic rings. The van der Waals surface area contributed by atoms with Gasteiger partial charge in [-0.05, 0) is 42.9 Å². The van der Waals surface area contributed by atoms with E-state index in [2.05, 4.69) is 32.5 Å². The number of likely N-dealkylation sites (N-methyl/N-ethyl adjacent to an activating group) is 1. The summed E-state index contributed by atoms with van der Waals surface area (Å²) in [6.07, 6.45) is 0.830. The number of pyridine rings is 1. The van der Waals surface area contributed by atoms with Crippen LogP contribution >= 0.6 is 11.3 Å². The number of fused-ring (bicyclic) bond motifs is 1. The Morgan fingerprint density at radius 1 is 1.33 bits per heavy atom. The topological polar surface area (TPSA) is 99.3 Å². The van der Waals surface area contributed by atoms with Crippen LogP contribution in [0.1, 0.15) is 27.3 Å². The average molecular weight is 426 g/mol. The number of carbonyl (C=O) groups excluding carboxylic acids is 1. The SMILES string of the molecule is COc1ccc(Nc2nc(C(=O)NCc3cc4c([nH]c3=O)CCN(C)C4)cs2)cc1. The van der Waals surface area contributed by atoms with E-state index in [-0.39, 0.29) is 18.0 Å². The Balaban J connectivity index is 1.39. The summed E-state index contributed by atoms with van der Waals surface area (Å²) < 4.78 is 5.14. The van der Waals surface area contributed by atoms with Crippen molar-refractivity contribution in [2.24, 2.45) is 0 Å². The second kappa shape index (κ2) is 8.68. The van der Waals surface area contributed by atoms with E-state index in [0.717, 1.165) is 42.2 Å². The van der Waals surface area contributed by atoms with Gasteiger partial charge in [-0.25, -0.2) is 4.98 Å². The van der Waals surface area contributed by atoms with Gasteiger partial charge in [0.05, 0.1) is 7.11 Å². The van der Waals surface area contributed by atoms with Crippen molar-refractivity contribution in [3.05, 3.63) is 68.6 Å². The van der Waals surface area contributed by atoms with E-state index < -0.39 is 0 Å². The number of hydrogen-bond donors (Lipinski definition) is 3. The minimum absolute atomic E-state index is 0.154. The lowest BCUT2D eigenvalue weighted by Gasteiger charge is -2.24. The average Bonchev–Trinajstić information content (AvgIpc) is 3.21. The van der Waals surface area contributed by atoms with Gasteiger partial charge in [0.15, 0.2) is 5.13 Å². The minimum Gasteiger partial charge on any atom is -0.497 e. The smallest absolute Gasteiger partial charge is 0.271 e. The first-order chi connectivity index (χ1) is 14.5. The van der Waals surface area contributed by atoms with Crippen LogP contribution in [-0.2, 0) is 19.5 Å². The molecule has 0 aliphatic carbocycles. The predicted molar refractivity (Wildman–Crippen MR) is 117 cm³/mol. The number of nitrogens with zero attached hydrogens (tertiary/aromatic N) is 2. The van der Waals surface area contributed by atoms with Crippen molar-refractivity contribution in [1.29, 1.82) is 0 Å². The fourth-order valence-electron chi connectivity index (χ4n) is 3.33. The number of amides is 1. The molecular weight excluding hydrogens is 402 g/mol. The molecule has 0 spiro atoms. The van der Waals surface area contributed by atoms with Crippen LogP contribution in [0.25, 0.3) is 0 Å². The van der Waals surface area contributed by atoms with E-state index in [1.165, 1.54) is 11.3 Å². The Morgan fingerprint density at radius 3 is 2.90 bits per heavy atom. The monoisotopic (exact) mass is 425 g/mol. The van der Waals surface area contributed by atoms with Crippen molar-refractivity contribution in [2.45, 2.75) is 19.5 Å². The lowest BCUT2D eigenvalue weighted by Crippen LogP contribution is -2.32. The summed E-state index contributed by atoms with van der Waals surface area (Å²) in [5, 5.41) is 8.26. The molecule has 0 radical (unpaired) electrons. The molecule has 9 heteroatoms. The fraction of sp³-hybridized carbons (Fsp3) is 0.286. The van der Waals surface area contributed by atoms with Gasteiger partial charge in [0.1, 0.15) is 11.4 Å². The summed E-state index contributed by atoms with van der Waals surface area (Å²) in [6, 6.07) is 9.33. The molecule has 2 aromatic heterocycles. The van der Waals surface area contributed by atoms with Gasteiger partial charge >= 0.3 is 0 Å². The molecule has 0 atom stereocenters. The normalized spacial score (nSPS) is 13.5. The van der Waals surface area contributed by atoms with E-state index in [4.69, 9.17) is 4.74 Å². The number of anilines is 2. The van der Waals surface area contributed by atoms with Crippen LogP contribution in [-0.4, -0.2) is 41.5 Å². The highest BCUT2D eigenvalue weighted by atomic mass is 32.1. The molecule has 1 amide bonds. The quantitative estimate of drug-likeness (QED) is 0.561. The van der Waals surface area contributed by atoms with Gasteiger partial charge in [0, 0.05) is 48.4 Å². The number of H-pyrrole nitrogens is 1. The maximum Gasteiger partial charge on any atom is 0.271 e. The number of hydrogen-bond acceptors (Lipinski definition) is 7. The number of thiazole rings is 1. The third-order valence-electron chi connectivity index (χ3n) is 4.99. The predicted octanol–water partition coefficient (Wildman–Crippen LogP) is 2.50. The van der Waals surface area contributed by atoms with E-state index in [1.54, 1.807) is 12.5 Å². The molecule has 30 heavy (non-hydrogen) atoms. The van der Waals surface area contributed by atoms with Crippen LogP contribution in [0.4, 0.5) is 10.8 Å². The Labute approximate surface area is 177 Å². The number of benzene rings is 1. The first kappa shape index (κ1) is 20.1. The fourth-order valence-corrected chi connectivity index (χ4v) is 4.04. The van der Waals surface area contributed by atoms with Crippen molar-refractivity contribution in [2.75, 3.05) is 26.0 Å². The molecule has 1 aliphatic heterocycles. The zero-order chi connectivity index (χ0) is 21.1. The number of carbonyl (C=O) groups is 1. The van der Waals surface area contributed by atoms with E-state index in [0.29, 0.717) is 16.4 Å². The zero-order valence-electron chi connectivity index (χ0n) is 16.8. The van der Waals surface area contributed by atoms with Crippen LogP contribution in [0.15, 0.2) is 40.5 Å². The Kier molecular flexibility index (Phi) is 5.82. The number of aromatic nitrogens is 2.